The highest BCUT2D eigenvalue weighted by atomic mass is 35.5. The van der Waals surface area contributed by atoms with Crippen molar-refractivity contribution in [3.05, 3.63) is 53.1 Å². The van der Waals surface area contributed by atoms with Gasteiger partial charge in [-0.2, -0.15) is 13.2 Å². The van der Waals surface area contributed by atoms with Gasteiger partial charge in [0.25, 0.3) is 0 Å². The number of rotatable bonds is 5. The predicted molar refractivity (Wildman–Crippen MR) is 100 cm³/mol. The van der Waals surface area contributed by atoms with Crippen molar-refractivity contribution >= 4 is 40.1 Å². The highest BCUT2D eigenvalue weighted by Crippen LogP contribution is 2.36. The molecule has 1 aromatic heterocycles. The molecule has 11 heteroatoms. The average Bonchev–Trinajstić information content (AvgIpc) is 3.05. The number of benzene rings is 2. The number of carbonyl (C=O) groups is 2. The first-order valence-corrected chi connectivity index (χ1v) is 8.72. The minimum Gasteiger partial charge on any atom is -0.335 e. The summed E-state index contributed by atoms with van der Waals surface area (Å²) in [6.07, 6.45) is -4.65. The molecule has 3 rings (SSSR count). The summed E-state index contributed by atoms with van der Waals surface area (Å²) in [5, 5.41) is 9.71. The van der Waals surface area contributed by atoms with E-state index in [1.807, 2.05) is 0 Å². The largest absolute Gasteiger partial charge is 0.417 e. The van der Waals surface area contributed by atoms with Crippen LogP contribution in [0.5, 0.6) is 0 Å². The lowest BCUT2D eigenvalue weighted by Crippen LogP contribution is -2.37. The minimum atomic E-state index is -4.65. The number of fused-ring (bicyclic) bond motifs is 1. The molecule has 0 aliphatic carbocycles. The van der Waals surface area contributed by atoms with Gasteiger partial charge in [-0.1, -0.05) is 28.9 Å². The van der Waals surface area contributed by atoms with Crippen LogP contribution in [-0.2, 0) is 22.3 Å². The number of hydrogen-bond donors (Lipinski definition) is 1. The van der Waals surface area contributed by atoms with Crippen LogP contribution in [0.25, 0.3) is 11.0 Å². The molecular weight excluding hydrogens is 411 g/mol. The van der Waals surface area contributed by atoms with Crippen molar-refractivity contribution in [2.45, 2.75) is 12.7 Å². The number of para-hydroxylation sites is 1. The van der Waals surface area contributed by atoms with Crippen LogP contribution in [0.2, 0.25) is 5.02 Å². The normalized spacial score (nSPS) is 11.5. The monoisotopic (exact) mass is 425 g/mol. The molecule has 0 unspecified atom stereocenters. The Labute approximate surface area is 168 Å². The quantitative estimate of drug-likeness (QED) is 0.680. The first kappa shape index (κ1) is 20.6. The number of likely N-dealkylation sites (N-methyl/N-ethyl adjacent to an activating group) is 1. The van der Waals surface area contributed by atoms with Gasteiger partial charge in [0, 0.05) is 12.7 Å². The molecule has 152 valence electrons. The summed E-state index contributed by atoms with van der Waals surface area (Å²) in [6.45, 7) is -0.487. The van der Waals surface area contributed by atoms with Crippen molar-refractivity contribution in [2.75, 3.05) is 18.9 Å². The van der Waals surface area contributed by atoms with Crippen molar-refractivity contribution in [1.82, 2.24) is 19.9 Å². The summed E-state index contributed by atoms with van der Waals surface area (Å²) in [4.78, 5) is 25.6. The van der Waals surface area contributed by atoms with Crippen LogP contribution in [-0.4, -0.2) is 45.3 Å². The third-order valence-corrected chi connectivity index (χ3v) is 4.40. The van der Waals surface area contributed by atoms with Crippen LogP contribution in [0.4, 0.5) is 18.9 Å². The Bertz CT molecular complexity index is 1070. The summed E-state index contributed by atoms with van der Waals surface area (Å²) in [5.41, 5.74) is 0.165. The van der Waals surface area contributed by atoms with Gasteiger partial charge in [-0.3, -0.25) is 9.59 Å². The standard InChI is InChI=1S/C18H15ClF3N5O2/c1-26(17(29)10-27-15-5-3-2-4-14(15)24-25-27)9-16(28)23-11-6-7-13(19)12(8-11)18(20,21)22/h2-8H,9-10H2,1H3,(H,23,28). The second kappa shape index (κ2) is 8.08. The van der Waals surface area contributed by atoms with Gasteiger partial charge in [0.15, 0.2) is 0 Å². The maximum atomic E-state index is 12.9. The number of aromatic nitrogens is 3. The summed E-state index contributed by atoms with van der Waals surface area (Å²) >= 11 is 5.55. The Morgan fingerprint density at radius 3 is 2.66 bits per heavy atom. The lowest BCUT2D eigenvalue weighted by molar-refractivity contribution is -0.137. The zero-order valence-corrected chi connectivity index (χ0v) is 15.8. The first-order chi connectivity index (χ1) is 13.6. The SMILES string of the molecule is CN(CC(=O)Nc1ccc(Cl)c(C(F)(F)F)c1)C(=O)Cn1nnc2ccccc21. The van der Waals surface area contributed by atoms with Gasteiger partial charge in [0.1, 0.15) is 12.1 Å². The molecule has 0 radical (unpaired) electrons. The molecule has 1 heterocycles. The highest BCUT2D eigenvalue weighted by Gasteiger charge is 2.33. The number of alkyl halides is 3. The van der Waals surface area contributed by atoms with Crippen LogP contribution < -0.4 is 5.32 Å². The maximum Gasteiger partial charge on any atom is 0.417 e. The predicted octanol–water partition coefficient (Wildman–Crippen LogP) is 3.20. The molecule has 1 N–H and O–H groups in total. The van der Waals surface area contributed by atoms with Gasteiger partial charge in [0.2, 0.25) is 11.8 Å². The minimum absolute atomic E-state index is 0.0742. The third kappa shape index (κ3) is 4.83. The molecule has 3 aromatic rings. The molecule has 7 nitrogen and oxygen atoms in total. The number of amides is 2. The van der Waals surface area contributed by atoms with Gasteiger partial charge in [-0.15, -0.1) is 5.10 Å². The molecule has 0 aliphatic rings. The van der Waals surface area contributed by atoms with Crippen molar-refractivity contribution in [3.8, 4) is 0 Å². The van der Waals surface area contributed by atoms with Crippen molar-refractivity contribution in [3.63, 3.8) is 0 Å². The zero-order valence-electron chi connectivity index (χ0n) is 15.1. The number of nitrogens with zero attached hydrogens (tertiary/aromatic N) is 4. The van der Waals surface area contributed by atoms with E-state index in [1.54, 1.807) is 24.3 Å². The Kier molecular flexibility index (Phi) is 5.73. The lowest BCUT2D eigenvalue weighted by Gasteiger charge is -2.17. The third-order valence-electron chi connectivity index (χ3n) is 4.07. The van der Waals surface area contributed by atoms with E-state index in [1.165, 1.54) is 17.8 Å². The zero-order chi connectivity index (χ0) is 21.2. The molecular formula is C18H15ClF3N5O2. The molecule has 2 amide bonds. The summed E-state index contributed by atoms with van der Waals surface area (Å²) in [6, 6.07) is 10.1. The Hall–Kier alpha value is -3.14. The molecule has 0 saturated heterocycles. The molecule has 0 atom stereocenters. The van der Waals surface area contributed by atoms with Crippen LogP contribution in [0, 0.1) is 0 Å². The Balaban J connectivity index is 1.62. The van der Waals surface area contributed by atoms with E-state index < -0.39 is 28.6 Å². The molecule has 29 heavy (non-hydrogen) atoms. The fourth-order valence-corrected chi connectivity index (χ4v) is 2.83. The fraction of sp³-hybridized carbons (Fsp3) is 0.222. The van der Waals surface area contributed by atoms with Crippen molar-refractivity contribution < 1.29 is 22.8 Å². The van der Waals surface area contributed by atoms with Crippen LogP contribution in [0.1, 0.15) is 5.56 Å². The number of nitrogens with one attached hydrogen (secondary N) is 1. The second-order valence-corrected chi connectivity index (χ2v) is 6.63. The molecule has 0 bridgehead atoms. The van der Waals surface area contributed by atoms with E-state index in [2.05, 4.69) is 15.6 Å². The van der Waals surface area contributed by atoms with E-state index in [9.17, 15) is 22.8 Å². The van der Waals surface area contributed by atoms with Crippen LogP contribution in [0.3, 0.4) is 0 Å². The number of carbonyl (C=O) groups excluding carboxylic acids is 2. The van der Waals surface area contributed by atoms with Gasteiger partial charge in [0.05, 0.1) is 22.6 Å². The van der Waals surface area contributed by atoms with Crippen molar-refractivity contribution in [1.29, 1.82) is 0 Å². The summed E-state index contributed by atoms with van der Waals surface area (Å²) in [7, 11) is 1.41. The van der Waals surface area contributed by atoms with E-state index in [0.29, 0.717) is 11.0 Å². The summed E-state index contributed by atoms with van der Waals surface area (Å²) in [5.74, 6) is -1.07. The topological polar surface area (TPSA) is 80.1 Å². The average molecular weight is 426 g/mol. The van der Waals surface area contributed by atoms with E-state index in [4.69, 9.17) is 11.6 Å². The highest BCUT2D eigenvalue weighted by molar-refractivity contribution is 6.31. The van der Waals surface area contributed by atoms with Gasteiger partial charge >= 0.3 is 6.18 Å². The first-order valence-electron chi connectivity index (χ1n) is 8.34. The van der Waals surface area contributed by atoms with E-state index in [-0.39, 0.29) is 18.8 Å². The maximum absolute atomic E-state index is 12.9. The van der Waals surface area contributed by atoms with Crippen LogP contribution >= 0.6 is 11.6 Å². The van der Waals surface area contributed by atoms with E-state index >= 15 is 0 Å². The molecule has 0 saturated carbocycles. The molecule has 0 aliphatic heterocycles. The van der Waals surface area contributed by atoms with Crippen LogP contribution in [0.15, 0.2) is 42.5 Å². The number of halogens is 4. The fourth-order valence-electron chi connectivity index (χ4n) is 2.61. The Morgan fingerprint density at radius 1 is 1.21 bits per heavy atom. The smallest absolute Gasteiger partial charge is 0.335 e. The lowest BCUT2D eigenvalue weighted by atomic mass is 10.2. The molecule has 0 spiro atoms. The van der Waals surface area contributed by atoms with Crippen molar-refractivity contribution in [2.24, 2.45) is 0 Å². The van der Waals surface area contributed by atoms with Gasteiger partial charge < -0.3 is 10.2 Å². The second-order valence-electron chi connectivity index (χ2n) is 6.23. The Morgan fingerprint density at radius 2 is 1.93 bits per heavy atom. The van der Waals surface area contributed by atoms with Gasteiger partial charge in [-0.05, 0) is 30.3 Å². The number of hydrogen-bond acceptors (Lipinski definition) is 4. The van der Waals surface area contributed by atoms with Gasteiger partial charge in [-0.25, -0.2) is 4.68 Å². The van der Waals surface area contributed by atoms with E-state index in [0.717, 1.165) is 17.0 Å². The molecule has 0 fully saturated rings. The molecule has 2 aromatic carbocycles. The summed E-state index contributed by atoms with van der Waals surface area (Å²) < 4.78 is 40.1. The number of anilines is 1.